The van der Waals surface area contributed by atoms with E-state index in [2.05, 4.69) is 12.1 Å². The minimum atomic E-state index is -0.328. The highest BCUT2D eigenvalue weighted by molar-refractivity contribution is 5.99. The van der Waals surface area contributed by atoms with Crippen molar-refractivity contribution in [2.45, 2.75) is 25.7 Å². The number of benzene rings is 1. The third-order valence-electron chi connectivity index (χ3n) is 4.05. The number of ether oxygens (including phenoxy) is 1. The average molecular weight is 259 g/mol. The molecule has 1 aromatic rings. The van der Waals surface area contributed by atoms with Crippen molar-refractivity contribution < 1.29 is 14.3 Å². The van der Waals surface area contributed by atoms with Crippen LogP contribution in [0.2, 0.25) is 0 Å². The van der Waals surface area contributed by atoms with Gasteiger partial charge in [0.25, 0.3) is 0 Å². The predicted molar refractivity (Wildman–Crippen MR) is 70.9 cm³/mol. The van der Waals surface area contributed by atoms with E-state index in [1.54, 1.807) is 4.90 Å². The average Bonchev–Trinajstić information content (AvgIpc) is 3.03. The monoisotopic (exact) mass is 259 g/mol. The van der Waals surface area contributed by atoms with Crippen molar-refractivity contribution in [1.82, 2.24) is 0 Å². The van der Waals surface area contributed by atoms with E-state index in [9.17, 15) is 9.59 Å². The van der Waals surface area contributed by atoms with Crippen molar-refractivity contribution in [3.63, 3.8) is 0 Å². The van der Waals surface area contributed by atoms with E-state index < -0.39 is 0 Å². The van der Waals surface area contributed by atoms with Gasteiger partial charge in [-0.1, -0.05) is 6.07 Å². The first-order chi connectivity index (χ1) is 9.19. The topological polar surface area (TPSA) is 46.6 Å². The molecule has 1 amide bonds. The number of rotatable bonds is 2. The van der Waals surface area contributed by atoms with Crippen LogP contribution in [0.4, 0.5) is 5.69 Å². The van der Waals surface area contributed by atoms with Crippen LogP contribution in [0.15, 0.2) is 18.2 Å². The molecular formula is C15H17NO3. The lowest BCUT2D eigenvalue weighted by Gasteiger charge is -2.17. The zero-order valence-electron chi connectivity index (χ0n) is 11.0. The largest absolute Gasteiger partial charge is 0.469 e. The van der Waals surface area contributed by atoms with Crippen molar-refractivity contribution in [2.75, 3.05) is 18.6 Å². The van der Waals surface area contributed by atoms with Crippen LogP contribution in [0.1, 0.15) is 24.0 Å². The van der Waals surface area contributed by atoms with Crippen LogP contribution in [0, 0.1) is 5.92 Å². The van der Waals surface area contributed by atoms with Gasteiger partial charge in [-0.25, -0.2) is 0 Å². The summed E-state index contributed by atoms with van der Waals surface area (Å²) in [5.74, 6) is -0.615. The lowest BCUT2D eigenvalue weighted by Crippen LogP contribution is -2.26. The molecule has 2 aliphatic rings. The van der Waals surface area contributed by atoms with E-state index in [4.69, 9.17) is 4.74 Å². The van der Waals surface area contributed by atoms with Crippen LogP contribution in [0.3, 0.4) is 0 Å². The molecule has 3 rings (SSSR count). The van der Waals surface area contributed by atoms with E-state index >= 15 is 0 Å². The Morgan fingerprint density at radius 1 is 1.32 bits per heavy atom. The highest BCUT2D eigenvalue weighted by atomic mass is 16.5. The molecule has 4 nitrogen and oxygen atoms in total. The van der Waals surface area contributed by atoms with E-state index in [1.807, 2.05) is 6.07 Å². The van der Waals surface area contributed by atoms with Crippen molar-refractivity contribution >= 4 is 17.6 Å². The summed E-state index contributed by atoms with van der Waals surface area (Å²) in [5.41, 5.74) is 3.64. The first-order valence-corrected chi connectivity index (χ1v) is 6.69. The summed E-state index contributed by atoms with van der Waals surface area (Å²) in [6.45, 7) is 0.435. The molecule has 0 bridgehead atoms. The highest BCUT2D eigenvalue weighted by Gasteiger charge is 2.36. The van der Waals surface area contributed by atoms with Gasteiger partial charge in [-0.15, -0.1) is 0 Å². The Balaban J connectivity index is 1.83. The molecule has 1 fully saturated rings. The molecule has 1 unspecified atom stereocenters. The lowest BCUT2D eigenvalue weighted by atomic mass is 10.1. The zero-order chi connectivity index (χ0) is 13.4. The van der Waals surface area contributed by atoms with Gasteiger partial charge in [-0.2, -0.15) is 0 Å². The fraction of sp³-hybridized carbons (Fsp3) is 0.467. The van der Waals surface area contributed by atoms with E-state index in [0.29, 0.717) is 6.54 Å². The van der Waals surface area contributed by atoms with Crippen molar-refractivity contribution in [2.24, 2.45) is 5.92 Å². The van der Waals surface area contributed by atoms with Gasteiger partial charge >= 0.3 is 5.97 Å². The molecular weight excluding hydrogens is 242 g/mol. The summed E-state index contributed by atoms with van der Waals surface area (Å²) < 4.78 is 4.72. The Bertz CT molecular complexity index is 538. The number of methoxy groups -OCH3 is 1. The molecule has 1 saturated heterocycles. The first kappa shape index (κ1) is 12.2. The normalized spacial score (nSPS) is 21.6. The van der Waals surface area contributed by atoms with Gasteiger partial charge in [0.05, 0.1) is 13.0 Å². The van der Waals surface area contributed by atoms with Gasteiger partial charge in [0.1, 0.15) is 0 Å². The minimum absolute atomic E-state index is 0.00773. The van der Waals surface area contributed by atoms with Crippen LogP contribution in [0.5, 0.6) is 0 Å². The minimum Gasteiger partial charge on any atom is -0.469 e. The van der Waals surface area contributed by atoms with Crippen LogP contribution in [0.25, 0.3) is 0 Å². The van der Waals surface area contributed by atoms with Gasteiger partial charge in [-0.05, 0) is 42.5 Å². The molecule has 1 heterocycles. The van der Waals surface area contributed by atoms with Gasteiger partial charge in [0, 0.05) is 18.7 Å². The second-order valence-electron chi connectivity index (χ2n) is 5.24. The number of esters is 1. The molecule has 1 aromatic carbocycles. The number of carbonyl (C=O) groups is 2. The first-order valence-electron chi connectivity index (χ1n) is 6.69. The van der Waals surface area contributed by atoms with Gasteiger partial charge in [0.15, 0.2) is 0 Å². The fourth-order valence-electron chi connectivity index (χ4n) is 3.01. The summed E-state index contributed by atoms with van der Waals surface area (Å²) in [6, 6.07) is 6.19. The van der Waals surface area contributed by atoms with E-state index in [1.165, 1.54) is 24.7 Å². The van der Waals surface area contributed by atoms with E-state index in [0.717, 1.165) is 18.5 Å². The molecule has 1 aliphatic carbocycles. The van der Waals surface area contributed by atoms with Crippen molar-refractivity contribution in [1.29, 1.82) is 0 Å². The Labute approximate surface area is 112 Å². The predicted octanol–water partition coefficient (Wildman–Crippen LogP) is 1.70. The number of amides is 1. The Kier molecular flexibility index (Phi) is 3.01. The standard InChI is InChI=1S/C15H17NO3/c1-19-15(18)12-8-14(17)16(9-12)13-6-5-10-3-2-4-11(10)7-13/h5-7,12H,2-4,8-9H2,1H3. The molecule has 100 valence electrons. The fourth-order valence-corrected chi connectivity index (χ4v) is 3.01. The van der Waals surface area contributed by atoms with Crippen LogP contribution < -0.4 is 4.90 Å². The summed E-state index contributed by atoms with van der Waals surface area (Å²) in [7, 11) is 1.37. The molecule has 0 N–H and O–H groups in total. The molecule has 0 saturated carbocycles. The van der Waals surface area contributed by atoms with Crippen LogP contribution in [-0.4, -0.2) is 25.5 Å². The maximum absolute atomic E-state index is 12.0. The zero-order valence-corrected chi connectivity index (χ0v) is 11.0. The van der Waals surface area contributed by atoms with Gasteiger partial charge in [0.2, 0.25) is 5.91 Å². The summed E-state index contributed by atoms with van der Waals surface area (Å²) in [6.07, 6.45) is 3.67. The second-order valence-corrected chi connectivity index (χ2v) is 5.24. The maximum Gasteiger partial charge on any atom is 0.311 e. The number of hydrogen-bond donors (Lipinski definition) is 0. The Morgan fingerprint density at radius 3 is 2.89 bits per heavy atom. The van der Waals surface area contributed by atoms with Gasteiger partial charge < -0.3 is 9.64 Å². The third-order valence-corrected chi connectivity index (χ3v) is 4.05. The number of nitrogens with zero attached hydrogens (tertiary/aromatic N) is 1. The maximum atomic E-state index is 12.0. The molecule has 4 heteroatoms. The molecule has 19 heavy (non-hydrogen) atoms. The molecule has 1 atom stereocenters. The number of fused-ring (bicyclic) bond motifs is 1. The molecule has 0 aromatic heterocycles. The highest BCUT2D eigenvalue weighted by Crippen LogP contribution is 2.30. The lowest BCUT2D eigenvalue weighted by molar-refractivity contribution is -0.145. The van der Waals surface area contributed by atoms with Crippen LogP contribution in [-0.2, 0) is 27.2 Å². The van der Waals surface area contributed by atoms with Gasteiger partial charge in [-0.3, -0.25) is 9.59 Å². The summed E-state index contributed by atoms with van der Waals surface area (Å²) in [4.78, 5) is 25.3. The SMILES string of the molecule is COC(=O)C1CC(=O)N(c2ccc3c(c2)CCC3)C1. The number of hydrogen-bond acceptors (Lipinski definition) is 3. The molecule has 0 radical (unpaired) electrons. The molecule has 0 spiro atoms. The second kappa shape index (κ2) is 4.68. The Hall–Kier alpha value is -1.84. The smallest absolute Gasteiger partial charge is 0.311 e. The quantitative estimate of drug-likeness (QED) is 0.759. The summed E-state index contributed by atoms with van der Waals surface area (Å²) in [5, 5.41) is 0. The number of carbonyl (C=O) groups excluding carboxylic acids is 2. The number of anilines is 1. The molecule has 1 aliphatic heterocycles. The third kappa shape index (κ3) is 2.11. The van der Waals surface area contributed by atoms with Crippen molar-refractivity contribution in [3.05, 3.63) is 29.3 Å². The Morgan fingerprint density at radius 2 is 2.11 bits per heavy atom. The summed E-state index contributed by atoms with van der Waals surface area (Å²) >= 11 is 0. The van der Waals surface area contributed by atoms with E-state index in [-0.39, 0.29) is 24.2 Å². The van der Waals surface area contributed by atoms with Crippen LogP contribution >= 0.6 is 0 Å². The van der Waals surface area contributed by atoms with Crippen molar-refractivity contribution in [3.8, 4) is 0 Å². The number of aryl methyl sites for hydroxylation is 2.